The van der Waals surface area contributed by atoms with Crippen LogP contribution in [0.1, 0.15) is 31.7 Å². The van der Waals surface area contributed by atoms with E-state index in [1.807, 2.05) is 13.8 Å². The Morgan fingerprint density at radius 3 is 2.62 bits per heavy atom. The van der Waals surface area contributed by atoms with E-state index in [2.05, 4.69) is 0 Å². The predicted octanol–water partition coefficient (Wildman–Crippen LogP) is 2.27. The van der Waals surface area contributed by atoms with Gasteiger partial charge in [-0.05, 0) is 18.4 Å². The molecule has 0 aliphatic heterocycles. The molecule has 2 nitrogen and oxygen atoms in total. The molecule has 0 saturated heterocycles. The summed E-state index contributed by atoms with van der Waals surface area (Å²) in [6, 6.07) is 6.60. The number of hydrogen-bond donors (Lipinski definition) is 1. The molecule has 1 atom stereocenters. The molecule has 13 heavy (non-hydrogen) atoms. The van der Waals surface area contributed by atoms with Gasteiger partial charge in [-0.2, -0.15) is 0 Å². The standard InChI is InChI=1S/C11H14O2/c1-3-8(2)9-6-4-5-7-10(12)11(9)13/h4-8H,3H2,1-2H3,(H,12,13)/t8-/m0/s1. The summed E-state index contributed by atoms with van der Waals surface area (Å²) in [6.45, 7) is 4.02. The lowest BCUT2D eigenvalue weighted by Gasteiger charge is -2.07. The highest BCUT2D eigenvalue weighted by Crippen LogP contribution is 2.23. The highest BCUT2D eigenvalue weighted by atomic mass is 16.3. The van der Waals surface area contributed by atoms with E-state index in [4.69, 9.17) is 0 Å². The molecule has 1 rings (SSSR count). The van der Waals surface area contributed by atoms with Crippen LogP contribution in [-0.4, -0.2) is 5.11 Å². The molecule has 2 heteroatoms. The normalized spacial score (nSPS) is 12.5. The van der Waals surface area contributed by atoms with Crippen LogP contribution in [-0.2, 0) is 0 Å². The molecule has 0 bridgehead atoms. The van der Waals surface area contributed by atoms with Crippen LogP contribution in [0.2, 0.25) is 0 Å². The van der Waals surface area contributed by atoms with Gasteiger partial charge in [0.2, 0.25) is 5.43 Å². The number of aromatic hydroxyl groups is 1. The minimum Gasteiger partial charge on any atom is -0.504 e. The Morgan fingerprint density at radius 2 is 2.00 bits per heavy atom. The van der Waals surface area contributed by atoms with Gasteiger partial charge in [-0.15, -0.1) is 0 Å². The maximum Gasteiger partial charge on any atom is 0.220 e. The molecule has 1 aromatic rings. The van der Waals surface area contributed by atoms with Gasteiger partial charge in [0.05, 0.1) is 0 Å². The average molecular weight is 178 g/mol. The SMILES string of the molecule is CC[C@H](C)c1ccccc(=O)c1O. The van der Waals surface area contributed by atoms with Gasteiger partial charge in [-0.25, -0.2) is 0 Å². The van der Waals surface area contributed by atoms with Gasteiger partial charge in [0, 0.05) is 5.56 Å². The molecule has 0 amide bonds. The Labute approximate surface area is 77.9 Å². The molecule has 70 valence electrons. The Hall–Kier alpha value is -1.31. The minimum absolute atomic E-state index is 0.112. The molecule has 0 radical (unpaired) electrons. The quantitative estimate of drug-likeness (QED) is 0.754. The van der Waals surface area contributed by atoms with Crippen molar-refractivity contribution in [3.8, 4) is 5.75 Å². The molecule has 0 aromatic heterocycles. The lowest BCUT2D eigenvalue weighted by atomic mass is 9.99. The van der Waals surface area contributed by atoms with Crippen molar-refractivity contribution in [3.63, 3.8) is 0 Å². The van der Waals surface area contributed by atoms with Crippen molar-refractivity contribution in [1.82, 2.24) is 0 Å². The highest BCUT2D eigenvalue weighted by Gasteiger charge is 2.08. The van der Waals surface area contributed by atoms with Crippen LogP contribution in [0.25, 0.3) is 0 Å². The lowest BCUT2D eigenvalue weighted by molar-refractivity contribution is 0.458. The van der Waals surface area contributed by atoms with Gasteiger partial charge >= 0.3 is 0 Å². The molecule has 0 aliphatic carbocycles. The second-order valence-corrected chi connectivity index (χ2v) is 3.20. The molecule has 0 unspecified atom stereocenters. The van der Waals surface area contributed by atoms with E-state index < -0.39 is 0 Å². The lowest BCUT2D eigenvalue weighted by Crippen LogP contribution is -1.99. The van der Waals surface area contributed by atoms with E-state index in [-0.39, 0.29) is 17.1 Å². The van der Waals surface area contributed by atoms with E-state index in [0.717, 1.165) is 12.0 Å². The third-order valence-electron chi connectivity index (χ3n) is 2.28. The Morgan fingerprint density at radius 1 is 1.38 bits per heavy atom. The van der Waals surface area contributed by atoms with Gasteiger partial charge in [-0.3, -0.25) is 4.79 Å². The second-order valence-electron chi connectivity index (χ2n) is 3.20. The minimum atomic E-state index is -0.305. The van der Waals surface area contributed by atoms with Gasteiger partial charge in [0.1, 0.15) is 0 Å². The summed E-state index contributed by atoms with van der Waals surface area (Å²) in [5.41, 5.74) is 0.429. The third kappa shape index (κ3) is 2.08. The molecule has 0 aliphatic rings. The summed E-state index contributed by atoms with van der Waals surface area (Å²) >= 11 is 0. The summed E-state index contributed by atoms with van der Waals surface area (Å²) in [5, 5.41) is 9.55. The van der Waals surface area contributed by atoms with E-state index in [1.54, 1.807) is 18.2 Å². The zero-order chi connectivity index (χ0) is 9.84. The molecule has 0 saturated carbocycles. The fourth-order valence-corrected chi connectivity index (χ4v) is 1.22. The third-order valence-corrected chi connectivity index (χ3v) is 2.28. The summed E-state index contributed by atoms with van der Waals surface area (Å²) in [4.78, 5) is 11.2. The van der Waals surface area contributed by atoms with Gasteiger partial charge in [0.15, 0.2) is 5.75 Å². The summed E-state index contributed by atoms with van der Waals surface area (Å²) in [7, 11) is 0. The molecule has 1 N–H and O–H groups in total. The zero-order valence-electron chi connectivity index (χ0n) is 7.95. The fraction of sp³-hybridized carbons (Fsp3) is 0.364. The molecule has 0 spiro atoms. The van der Waals surface area contributed by atoms with Crippen molar-refractivity contribution in [3.05, 3.63) is 40.1 Å². The van der Waals surface area contributed by atoms with Crippen LogP contribution >= 0.6 is 0 Å². The summed E-state index contributed by atoms with van der Waals surface area (Å²) in [6.07, 6.45) is 0.914. The van der Waals surface area contributed by atoms with E-state index in [1.165, 1.54) is 6.07 Å². The van der Waals surface area contributed by atoms with Crippen LogP contribution in [0, 0.1) is 0 Å². The van der Waals surface area contributed by atoms with Crippen LogP contribution in [0.3, 0.4) is 0 Å². The second kappa shape index (κ2) is 4.08. The zero-order valence-corrected chi connectivity index (χ0v) is 7.95. The van der Waals surface area contributed by atoms with Gasteiger partial charge < -0.3 is 5.11 Å². The number of rotatable bonds is 2. The summed E-state index contributed by atoms with van der Waals surface area (Å²) in [5.74, 6) is 0.111. The Kier molecular flexibility index (Phi) is 3.07. The monoisotopic (exact) mass is 178 g/mol. The maximum atomic E-state index is 11.2. The van der Waals surface area contributed by atoms with Crippen molar-refractivity contribution in [2.75, 3.05) is 0 Å². The van der Waals surface area contributed by atoms with Crippen LogP contribution in [0.4, 0.5) is 0 Å². The summed E-state index contributed by atoms with van der Waals surface area (Å²) < 4.78 is 0. The van der Waals surface area contributed by atoms with Crippen LogP contribution in [0.5, 0.6) is 5.75 Å². The van der Waals surface area contributed by atoms with Crippen molar-refractivity contribution < 1.29 is 5.11 Å². The molecular formula is C11H14O2. The first-order valence-corrected chi connectivity index (χ1v) is 4.49. The molecule has 0 heterocycles. The maximum absolute atomic E-state index is 11.2. The van der Waals surface area contributed by atoms with E-state index in [9.17, 15) is 9.90 Å². The van der Waals surface area contributed by atoms with Gasteiger partial charge in [0.25, 0.3) is 0 Å². The largest absolute Gasteiger partial charge is 0.504 e. The Bertz CT molecular complexity index is 344. The smallest absolute Gasteiger partial charge is 0.220 e. The first-order valence-electron chi connectivity index (χ1n) is 4.49. The fourth-order valence-electron chi connectivity index (χ4n) is 1.22. The highest BCUT2D eigenvalue weighted by molar-refractivity contribution is 5.33. The first kappa shape index (κ1) is 9.78. The van der Waals surface area contributed by atoms with Crippen LogP contribution in [0.15, 0.2) is 29.1 Å². The number of hydrogen-bond acceptors (Lipinski definition) is 2. The van der Waals surface area contributed by atoms with E-state index in [0.29, 0.717) is 0 Å². The van der Waals surface area contributed by atoms with Crippen molar-refractivity contribution in [2.24, 2.45) is 0 Å². The van der Waals surface area contributed by atoms with Crippen molar-refractivity contribution >= 4 is 0 Å². The molecule has 0 fully saturated rings. The van der Waals surface area contributed by atoms with Crippen molar-refractivity contribution in [2.45, 2.75) is 26.2 Å². The topological polar surface area (TPSA) is 37.3 Å². The molecule has 1 aromatic carbocycles. The Balaban J connectivity index is 3.31. The first-order chi connectivity index (χ1) is 6.16. The van der Waals surface area contributed by atoms with Gasteiger partial charge in [-0.1, -0.05) is 32.0 Å². The van der Waals surface area contributed by atoms with Crippen LogP contribution < -0.4 is 5.43 Å². The van der Waals surface area contributed by atoms with Crippen molar-refractivity contribution in [1.29, 1.82) is 0 Å². The van der Waals surface area contributed by atoms with E-state index >= 15 is 0 Å². The molecular weight excluding hydrogens is 164 g/mol. The predicted molar refractivity (Wildman–Crippen MR) is 53.1 cm³/mol. The average Bonchev–Trinajstić information content (AvgIpc) is 2.29.